The minimum Gasteiger partial charge on any atom is -0.361 e. The Morgan fingerprint density at radius 2 is 2.37 bits per heavy atom. The standard InChI is InChI=1S/C15H19N3O/c1-16-9-11-6-8-18(10-11)15(19)13-3-2-4-14-12(13)5-7-17-14/h2-5,7,11,16-17H,6,8-10H2,1H3. The molecule has 1 aromatic heterocycles. The van der Waals surface area contributed by atoms with Crippen molar-refractivity contribution in [2.45, 2.75) is 6.42 Å². The van der Waals surface area contributed by atoms with Gasteiger partial charge in [0.25, 0.3) is 5.91 Å². The monoisotopic (exact) mass is 257 g/mol. The zero-order valence-electron chi connectivity index (χ0n) is 11.1. The van der Waals surface area contributed by atoms with E-state index in [1.165, 1.54) is 0 Å². The predicted octanol–water partition coefficient (Wildman–Crippen LogP) is 1.85. The van der Waals surface area contributed by atoms with Crippen LogP contribution in [0.4, 0.5) is 0 Å². The van der Waals surface area contributed by atoms with Crippen molar-refractivity contribution in [3.05, 3.63) is 36.0 Å². The lowest BCUT2D eigenvalue weighted by atomic mass is 10.1. The van der Waals surface area contributed by atoms with E-state index in [1.54, 1.807) is 0 Å². The second-order valence-corrected chi connectivity index (χ2v) is 5.21. The quantitative estimate of drug-likeness (QED) is 0.881. The zero-order valence-corrected chi connectivity index (χ0v) is 11.1. The Bertz CT molecular complexity index is 590. The second-order valence-electron chi connectivity index (χ2n) is 5.21. The van der Waals surface area contributed by atoms with E-state index in [2.05, 4.69) is 10.3 Å². The number of carbonyl (C=O) groups excluding carboxylic acids is 1. The summed E-state index contributed by atoms with van der Waals surface area (Å²) in [7, 11) is 1.96. The number of H-pyrrole nitrogens is 1. The van der Waals surface area contributed by atoms with Gasteiger partial charge in [0.15, 0.2) is 0 Å². The molecule has 4 nitrogen and oxygen atoms in total. The number of hydrogen-bond acceptors (Lipinski definition) is 2. The number of carbonyl (C=O) groups is 1. The Morgan fingerprint density at radius 1 is 1.47 bits per heavy atom. The first-order valence-corrected chi connectivity index (χ1v) is 6.79. The Morgan fingerprint density at radius 3 is 3.21 bits per heavy atom. The highest BCUT2D eigenvalue weighted by Crippen LogP contribution is 2.23. The number of aromatic amines is 1. The first-order valence-electron chi connectivity index (χ1n) is 6.79. The van der Waals surface area contributed by atoms with Crippen LogP contribution < -0.4 is 5.32 Å². The Hall–Kier alpha value is -1.81. The van der Waals surface area contributed by atoms with Crippen LogP contribution in [0.2, 0.25) is 0 Å². The van der Waals surface area contributed by atoms with E-state index < -0.39 is 0 Å². The van der Waals surface area contributed by atoms with Gasteiger partial charge in [0.2, 0.25) is 0 Å². The second kappa shape index (κ2) is 5.05. The molecule has 1 aromatic carbocycles. The van der Waals surface area contributed by atoms with Gasteiger partial charge in [-0.3, -0.25) is 4.79 Å². The van der Waals surface area contributed by atoms with Crippen molar-refractivity contribution in [2.24, 2.45) is 5.92 Å². The summed E-state index contributed by atoms with van der Waals surface area (Å²) in [5.41, 5.74) is 1.83. The highest BCUT2D eigenvalue weighted by molar-refractivity contribution is 6.06. The van der Waals surface area contributed by atoms with Crippen molar-refractivity contribution in [1.29, 1.82) is 0 Å². The van der Waals surface area contributed by atoms with Crippen molar-refractivity contribution in [2.75, 3.05) is 26.7 Å². The molecule has 1 amide bonds. The Balaban J connectivity index is 1.83. The fourth-order valence-corrected chi connectivity index (χ4v) is 2.91. The van der Waals surface area contributed by atoms with Crippen molar-refractivity contribution in [1.82, 2.24) is 15.2 Å². The van der Waals surface area contributed by atoms with Crippen LogP contribution in [0.5, 0.6) is 0 Å². The molecule has 1 aliphatic heterocycles. The van der Waals surface area contributed by atoms with Crippen molar-refractivity contribution >= 4 is 16.8 Å². The molecule has 1 atom stereocenters. The summed E-state index contributed by atoms with van der Waals surface area (Å²) >= 11 is 0. The van der Waals surface area contributed by atoms with Gasteiger partial charge < -0.3 is 15.2 Å². The first-order chi connectivity index (χ1) is 9.29. The molecule has 1 fully saturated rings. The van der Waals surface area contributed by atoms with E-state index in [9.17, 15) is 4.79 Å². The smallest absolute Gasteiger partial charge is 0.254 e. The number of likely N-dealkylation sites (tertiary alicyclic amines) is 1. The molecule has 0 spiro atoms. The van der Waals surface area contributed by atoms with Crippen molar-refractivity contribution in [3.63, 3.8) is 0 Å². The van der Waals surface area contributed by atoms with Crippen LogP contribution in [-0.2, 0) is 0 Å². The number of nitrogens with zero attached hydrogens (tertiary/aromatic N) is 1. The van der Waals surface area contributed by atoms with E-state index in [0.717, 1.165) is 42.5 Å². The van der Waals surface area contributed by atoms with Gasteiger partial charge in [-0.25, -0.2) is 0 Å². The third-order valence-corrected chi connectivity index (χ3v) is 3.89. The van der Waals surface area contributed by atoms with Gasteiger partial charge in [-0.2, -0.15) is 0 Å². The summed E-state index contributed by atoms with van der Waals surface area (Å²) in [6, 6.07) is 7.83. The summed E-state index contributed by atoms with van der Waals surface area (Å²) < 4.78 is 0. The van der Waals surface area contributed by atoms with Crippen LogP contribution in [0, 0.1) is 5.92 Å². The maximum atomic E-state index is 12.6. The highest BCUT2D eigenvalue weighted by atomic mass is 16.2. The summed E-state index contributed by atoms with van der Waals surface area (Å²) in [5.74, 6) is 0.739. The van der Waals surface area contributed by atoms with Crippen molar-refractivity contribution < 1.29 is 4.79 Å². The molecule has 1 aliphatic rings. The topological polar surface area (TPSA) is 48.1 Å². The predicted molar refractivity (Wildman–Crippen MR) is 76.2 cm³/mol. The average Bonchev–Trinajstić information content (AvgIpc) is 3.06. The Kier molecular flexibility index (Phi) is 3.25. The third kappa shape index (κ3) is 2.24. The average molecular weight is 257 g/mol. The van der Waals surface area contributed by atoms with Crippen LogP contribution in [0.15, 0.2) is 30.5 Å². The molecule has 0 radical (unpaired) electrons. The molecule has 2 heterocycles. The molecule has 0 bridgehead atoms. The molecule has 2 N–H and O–H groups in total. The van der Waals surface area contributed by atoms with E-state index in [4.69, 9.17) is 0 Å². The first kappa shape index (κ1) is 12.2. The normalized spacial score (nSPS) is 19.2. The number of hydrogen-bond donors (Lipinski definition) is 2. The summed E-state index contributed by atoms with van der Waals surface area (Å²) in [5, 5.41) is 4.21. The summed E-state index contributed by atoms with van der Waals surface area (Å²) in [6.45, 7) is 2.71. The summed E-state index contributed by atoms with van der Waals surface area (Å²) in [6.07, 6.45) is 2.98. The van der Waals surface area contributed by atoms with Gasteiger partial charge in [0.1, 0.15) is 0 Å². The van der Waals surface area contributed by atoms with Crippen LogP contribution in [-0.4, -0.2) is 42.5 Å². The SMILES string of the molecule is CNCC1CCN(C(=O)c2cccc3[nH]ccc23)C1. The maximum absolute atomic E-state index is 12.6. The molecule has 1 unspecified atom stereocenters. The number of amides is 1. The molecular weight excluding hydrogens is 238 g/mol. The van der Waals surface area contributed by atoms with Crippen LogP contribution in [0.3, 0.4) is 0 Å². The van der Waals surface area contributed by atoms with E-state index in [1.807, 2.05) is 42.4 Å². The zero-order chi connectivity index (χ0) is 13.2. The molecule has 0 aliphatic carbocycles. The van der Waals surface area contributed by atoms with Crippen molar-refractivity contribution in [3.8, 4) is 0 Å². The number of rotatable bonds is 3. The molecule has 2 aromatic rings. The number of benzene rings is 1. The fraction of sp³-hybridized carbons (Fsp3) is 0.400. The molecule has 100 valence electrons. The van der Waals surface area contributed by atoms with Gasteiger partial charge in [-0.15, -0.1) is 0 Å². The maximum Gasteiger partial charge on any atom is 0.254 e. The molecule has 0 saturated carbocycles. The number of nitrogens with one attached hydrogen (secondary N) is 2. The lowest BCUT2D eigenvalue weighted by molar-refractivity contribution is 0.0789. The minimum atomic E-state index is 0.156. The largest absolute Gasteiger partial charge is 0.361 e. The molecule has 4 heteroatoms. The summed E-state index contributed by atoms with van der Waals surface area (Å²) in [4.78, 5) is 17.7. The highest BCUT2D eigenvalue weighted by Gasteiger charge is 2.27. The molecular formula is C15H19N3O. The molecule has 1 saturated heterocycles. The number of fused-ring (bicyclic) bond motifs is 1. The number of aromatic nitrogens is 1. The fourth-order valence-electron chi connectivity index (χ4n) is 2.91. The van der Waals surface area contributed by atoms with Gasteiger partial charge in [-0.1, -0.05) is 6.07 Å². The van der Waals surface area contributed by atoms with Crippen LogP contribution >= 0.6 is 0 Å². The van der Waals surface area contributed by atoms with Gasteiger partial charge >= 0.3 is 0 Å². The van der Waals surface area contributed by atoms with E-state index in [-0.39, 0.29) is 5.91 Å². The van der Waals surface area contributed by atoms with E-state index in [0.29, 0.717) is 5.92 Å². The van der Waals surface area contributed by atoms with Crippen LogP contribution in [0.1, 0.15) is 16.8 Å². The lowest BCUT2D eigenvalue weighted by Gasteiger charge is -2.17. The van der Waals surface area contributed by atoms with Gasteiger partial charge in [0, 0.05) is 35.8 Å². The van der Waals surface area contributed by atoms with Gasteiger partial charge in [0.05, 0.1) is 0 Å². The molecule has 19 heavy (non-hydrogen) atoms. The molecule has 3 rings (SSSR count). The minimum absolute atomic E-state index is 0.156. The Labute approximate surface area is 112 Å². The van der Waals surface area contributed by atoms with Crippen LogP contribution in [0.25, 0.3) is 10.9 Å². The van der Waals surface area contributed by atoms with E-state index >= 15 is 0 Å². The third-order valence-electron chi connectivity index (χ3n) is 3.89. The van der Waals surface area contributed by atoms with Gasteiger partial charge in [-0.05, 0) is 44.1 Å². The lowest BCUT2D eigenvalue weighted by Crippen LogP contribution is -2.30.